The Morgan fingerprint density at radius 1 is 1.30 bits per heavy atom. The maximum absolute atomic E-state index is 13.8. The molecule has 0 aliphatic carbocycles. The van der Waals surface area contributed by atoms with Gasteiger partial charge in [0.15, 0.2) is 0 Å². The Labute approximate surface area is 114 Å². The Morgan fingerprint density at radius 2 is 1.95 bits per heavy atom. The third-order valence-corrected chi connectivity index (χ3v) is 2.82. The summed E-state index contributed by atoms with van der Waals surface area (Å²) in [5, 5.41) is 13.3. The number of carbonyl (C=O) groups is 1. The quantitative estimate of drug-likeness (QED) is 0.918. The molecule has 4 nitrogen and oxygen atoms in total. The van der Waals surface area contributed by atoms with Crippen LogP contribution in [0.2, 0.25) is 0 Å². The molecule has 0 amide bonds. The first-order chi connectivity index (χ1) is 9.20. The second-order valence-electron chi connectivity index (χ2n) is 5.44. The van der Waals surface area contributed by atoms with Gasteiger partial charge in [-0.05, 0) is 39.0 Å². The molecule has 2 rings (SSSR count). The highest BCUT2D eigenvalue weighted by molar-refractivity contribution is 5.94. The molecule has 20 heavy (non-hydrogen) atoms. The Morgan fingerprint density at radius 3 is 2.50 bits per heavy atom. The Bertz CT molecular complexity index is 672. The summed E-state index contributed by atoms with van der Waals surface area (Å²) in [4.78, 5) is 11.3. The second kappa shape index (κ2) is 4.70. The average molecular weight is 280 g/mol. The van der Waals surface area contributed by atoms with Crippen molar-refractivity contribution in [2.24, 2.45) is 0 Å². The third kappa shape index (κ3) is 2.54. The zero-order valence-electron chi connectivity index (χ0n) is 11.3. The molecule has 0 aliphatic heterocycles. The Balaban J connectivity index is 2.69. The van der Waals surface area contributed by atoms with E-state index in [4.69, 9.17) is 0 Å². The third-order valence-electron chi connectivity index (χ3n) is 2.82. The van der Waals surface area contributed by atoms with E-state index >= 15 is 0 Å². The molecule has 1 aromatic carbocycles. The minimum Gasteiger partial charge on any atom is -0.478 e. The highest BCUT2D eigenvalue weighted by atomic mass is 19.1. The van der Waals surface area contributed by atoms with Gasteiger partial charge in [-0.3, -0.25) is 4.68 Å². The summed E-state index contributed by atoms with van der Waals surface area (Å²) < 4.78 is 28.5. The molecule has 0 aliphatic rings. The summed E-state index contributed by atoms with van der Waals surface area (Å²) in [5.74, 6) is -2.60. The molecule has 0 unspecified atom stereocenters. The fourth-order valence-electron chi connectivity index (χ4n) is 1.75. The largest absolute Gasteiger partial charge is 0.478 e. The van der Waals surface area contributed by atoms with Gasteiger partial charge in [0.25, 0.3) is 0 Å². The van der Waals surface area contributed by atoms with E-state index in [1.165, 1.54) is 10.9 Å². The van der Waals surface area contributed by atoms with E-state index in [9.17, 15) is 18.7 Å². The zero-order chi connectivity index (χ0) is 15.1. The molecule has 1 aromatic heterocycles. The number of aromatic carboxylic acids is 1. The van der Waals surface area contributed by atoms with E-state index in [1.807, 2.05) is 20.8 Å². The van der Waals surface area contributed by atoms with Gasteiger partial charge in [-0.2, -0.15) is 5.10 Å². The topological polar surface area (TPSA) is 55.1 Å². The fraction of sp³-hybridized carbons (Fsp3) is 0.286. The summed E-state index contributed by atoms with van der Waals surface area (Å²) in [6.07, 6.45) is 1.32. The molecule has 0 radical (unpaired) electrons. The van der Waals surface area contributed by atoms with Crippen LogP contribution in [0.25, 0.3) is 11.3 Å². The summed E-state index contributed by atoms with van der Waals surface area (Å²) in [6.45, 7) is 5.49. The lowest BCUT2D eigenvalue weighted by Gasteiger charge is -2.18. The van der Waals surface area contributed by atoms with Gasteiger partial charge in [0.05, 0.1) is 5.54 Å². The van der Waals surface area contributed by atoms with Crippen molar-refractivity contribution in [2.45, 2.75) is 26.3 Å². The molecule has 2 aromatic rings. The SMILES string of the molecule is CC(C)(C)n1cc(C(=O)O)c(-c2cc(F)ccc2F)n1. The summed E-state index contributed by atoms with van der Waals surface area (Å²) in [5.41, 5.74) is -0.869. The van der Waals surface area contributed by atoms with Gasteiger partial charge in [0, 0.05) is 11.8 Å². The molecule has 0 atom stereocenters. The van der Waals surface area contributed by atoms with E-state index < -0.39 is 23.1 Å². The minimum atomic E-state index is -1.24. The minimum absolute atomic E-state index is 0.0792. The van der Waals surface area contributed by atoms with Gasteiger partial charge in [-0.25, -0.2) is 13.6 Å². The molecule has 0 saturated carbocycles. The van der Waals surface area contributed by atoms with Gasteiger partial charge in [-0.1, -0.05) is 0 Å². The van der Waals surface area contributed by atoms with Crippen molar-refractivity contribution in [1.29, 1.82) is 0 Å². The van der Waals surface area contributed by atoms with Crippen LogP contribution < -0.4 is 0 Å². The lowest BCUT2D eigenvalue weighted by Crippen LogP contribution is -2.22. The molecule has 0 fully saturated rings. The lowest BCUT2D eigenvalue weighted by atomic mass is 10.1. The monoisotopic (exact) mass is 280 g/mol. The van der Waals surface area contributed by atoms with E-state index in [-0.39, 0.29) is 16.8 Å². The predicted octanol–water partition coefficient (Wildman–Crippen LogP) is 3.28. The summed E-state index contributed by atoms with van der Waals surface area (Å²) in [6, 6.07) is 2.86. The van der Waals surface area contributed by atoms with Crippen molar-refractivity contribution in [3.8, 4) is 11.3 Å². The molecule has 0 bridgehead atoms. The molecule has 0 saturated heterocycles. The number of benzene rings is 1. The molecule has 0 spiro atoms. The average Bonchev–Trinajstić information content (AvgIpc) is 2.77. The van der Waals surface area contributed by atoms with Crippen molar-refractivity contribution >= 4 is 5.97 Å². The number of halogens is 2. The molecule has 6 heteroatoms. The maximum atomic E-state index is 13.8. The molecule has 1 N–H and O–H groups in total. The maximum Gasteiger partial charge on any atom is 0.339 e. The normalized spacial score (nSPS) is 11.7. The number of hydrogen-bond acceptors (Lipinski definition) is 2. The molecular weight excluding hydrogens is 266 g/mol. The number of carboxylic acid groups (broad SMARTS) is 1. The zero-order valence-corrected chi connectivity index (χ0v) is 11.3. The van der Waals surface area contributed by atoms with E-state index in [0.717, 1.165) is 18.2 Å². The standard InChI is InChI=1S/C14H14F2N2O2/c1-14(2,3)18-7-10(13(19)20)12(17-18)9-6-8(15)4-5-11(9)16/h4-7H,1-3H3,(H,19,20). The van der Waals surface area contributed by atoms with E-state index in [2.05, 4.69) is 5.10 Å². The van der Waals surface area contributed by atoms with Crippen LogP contribution >= 0.6 is 0 Å². The van der Waals surface area contributed by atoms with Gasteiger partial charge in [0.2, 0.25) is 0 Å². The Hall–Kier alpha value is -2.24. The number of carboxylic acids is 1. The molecule has 1 heterocycles. The van der Waals surface area contributed by atoms with Crippen LogP contribution in [0.4, 0.5) is 8.78 Å². The molecular formula is C14H14F2N2O2. The summed E-state index contributed by atoms with van der Waals surface area (Å²) >= 11 is 0. The fourth-order valence-corrected chi connectivity index (χ4v) is 1.75. The highest BCUT2D eigenvalue weighted by Crippen LogP contribution is 2.28. The van der Waals surface area contributed by atoms with Crippen molar-refractivity contribution in [3.63, 3.8) is 0 Å². The number of aromatic nitrogens is 2. The van der Waals surface area contributed by atoms with Crippen molar-refractivity contribution in [2.75, 3.05) is 0 Å². The first kappa shape index (κ1) is 14.2. The van der Waals surface area contributed by atoms with Crippen LogP contribution in [-0.2, 0) is 5.54 Å². The highest BCUT2D eigenvalue weighted by Gasteiger charge is 2.24. The smallest absolute Gasteiger partial charge is 0.339 e. The van der Waals surface area contributed by atoms with Crippen LogP contribution in [0.1, 0.15) is 31.1 Å². The van der Waals surface area contributed by atoms with Crippen LogP contribution in [0, 0.1) is 11.6 Å². The predicted molar refractivity (Wildman–Crippen MR) is 69.5 cm³/mol. The number of hydrogen-bond donors (Lipinski definition) is 1. The van der Waals surface area contributed by atoms with Gasteiger partial charge in [0.1, 0.15) is 22.9 Å². The van der Waals surface area contributed by atoms with Crippen molar-refractivity contribution in [1.82, 2.24) is 9.78 Å². The van der Waals surface area contributed by atoms with Crippen LogP contribution in [0.3, 0.4) is 0 Å². The summed E-state index contributed by atoms with van der Waals surface area (Å²) in [7, 11) is 0. The van der Waals surface area contributed by atoms with E-state index in [0.29, 0.717) is 0 Å². The van der Waals surface area contributed by atoms with Gasteiger partial charge in [-0.15, -0.1) is 0 Å². The van der Waals surface area contributed by atoms with Gasteiger partial charge < -0.3 is 5.11 Å². The number of rotatable bonds is 2. The van der Waals surface area contributed by atoms with E-state index in [1.54, 1.807) is 0 Å². The number of nitrogens with zero attached hydrogens (tertiary/aromatic N) is 2. The Kier molecular flexibility index (Phi) is 3.33. The first-order valence-corrected chi connectivity index (χ1v) is 5.99. The van der Waals surface area contributed by atoms with Crippen molar-refractivity contribution in [3.05, 3.63) is 41.6 Å². The first-order valence-electron chi connectivity index (χ1n) is 5.99. The van der Waals surface area contributed by atoms with Crippen molar-refractivity contribution < 1.29 is 18.7 Å². The van der Waals surface area contributed by atoms with Crippen LogP contribution in [0.5, 0.6) is 0 Å². The van der Waals surface area contributed by atoms with Gasteiger partial charge >= 0.3 is 5.97 Å². The molecule has 106 valence electrons. The van der Waals surface area contributed by atoms with Crippen LogP contribution in [0.15, 0.2) is 24.4 Å². The second-order valence-corrected chi connectivity index (χ2v) is 5.44. The lowest BCUT2D eigenvalue weighted by molar-refractivity contribution is 0.0697. The van der Waals surface area contributed by atoms with Crippen LogP contribution in [-0.4, -0.2) is 20.9 Å².